The molecule has 0 atom stereocenters. The summed E-state index contributed by atoms with van der Waals surface area (Å²) >= 11 is 5.72. The van der Waals surface area contributed by atoms with E-state index in [2.05, 4.69) is 9.97 Å². The van der Waals surface area contributed by atoms with Crippen molar-refractivity contribution in [3.8, 4) is 0 Å². The van der Waals surface area contributed by atoms with Crippen LogP contribution in [0.15, 0.2) is 36.7 Å². The first kappa shape index (κ1) is 10.1. The van der Waals surface area contributed by atoms with Crippen molar-refractivity contribution in [3.05, 3.63) is 58.9 Å². The molecule has 2 rings (SSSR count). The van der Waals surface area contributed by atoms with E-state index in [9.17, 15) is 4.39 Å². The predicted octanol–water partition coefficient (Wildman–Crippen LogP) is 2.86. The van der Waals surface area contributed by atoms with Gasteiger partial charge in [-0.3, -0.25) is 0 Å². The highest BCUT2D eigenvalue weighted by atomic mass is 35.5. The summed E-state index contributed by atoms with van der Waals surface area (Å²) in [4.78, 5) is 7.83. The van der Waals surface area contributed by atoms with E-state index in [1.165, 1.54) is 18.5 Å². The number of aromatic nitrogens is 2. The maximum Gasteiger partial charge on any atom is 0.132 e. The fourth-order valence-electron chi connectivity index (χ4n) is 1.32. The van der Waals surface area contributed by atoms with Crippen LogP contribution in [0, 0.1) is 5.82 Å². The zero-order chi connectivity index (χ0) is 10.7. The molecule has 76 valence electrons. The largest absolute Gasteiger partial charge is 0.241 e. The molecule has 0 bridgehead atoms. The summed E-state index contributed by atoms with van der Waals surface area (Å²) in [7, 11) is 0. The normalized spacial score (nSPS) is 10.3. The molecule has 0 unspecified atom stereocenters. The van der Waals surface area contributed by atoms with Crippen LogP contribution < -0.4 is 0 Å². The van der Waals surface area contributed by atoms with Crippen LogP contribution in [0.25, 0.3) is 0 Å². The topological polar surface area (TPSA) is 25.8 Å². The Morgan fingerprint density at radius 1 is 1.20 bits per heavy atom. The molecule has 0 saturated carbocycles. The molecule has 15 heavy (non-hydrogen) atoms. The van der Waals surface area contributed by atoms with Gasteiger partial charge in [0.1, 0.15) is 17.3 Å². The molecule has 0 saturated heterocycles. The van der Waals surface area contributed by atoms with Gasteiger partial charge in [-0.05, 0) is 23.8 Å². The van der Waals surface area contributed by atoms with Crippen molar-refractivity contribution in [2.45, 2.75) is 6.42 Å². The molecular weight excluding hydrogens is 215 g/mol. The van der Waals surface area contributed by atoms with Crippen LogP contribution >= 0.6 is 11.6 Å². The third-order valence-corrected chi connectivity index (χ3v) is 2.17. The van der Waals surface area contributed by atoms with E-state index in [0.29, 0.717) is 11.6 Å². The van der Waals surface area contributed by atoms with Crippen LogP contribution in [0.3, 0.4) is 0 Å². The van der Waals surface area contributed by atoms with E-state index in [1.54, 1.807) is 12.1 Å². The first-order valence-electron chi connectivity index (χ1n) is 4.45. The average molecular weight is 223 g/mol. The molecule has 0 radical (unpaired) electrons. The minimum absolute atomic E-state index is 0.243. The summed E-state index contributed by atoms with van der Waals surface area (Å²) in [6.07, 6.45) is 1.96. The van der Waals surface area contributed by atoms with E-state index in [1.807, 2.05) is 6.07 Å². The third kappa shape index (κ3) is 2.73. The van der Waals surface area contributed by atoms with E-state index < -0.39 is 0 Å². The van der Waals surface area contributed by atoms with Crippen molar-refractivity contribution >= 4 is 11.6 Å². The van der Waals surface area contributed by atoms with Gasteiger partial charge in [-0.25, -0.2) is 14.4 Å². The maximum atomic E-state index is 12.9. The van der Waals surface area contributed by atoms with E-state index in [-0.39, 0.29) is 5.82 Å². The molecular formula is C11H8ClFN2. The Hall–Kier alpha value is -1.48. The molecule has 0 amide bonds. The highest BCUT2D eigenvalue weighted by molar-refractivity contribution is 6.29. The van der Waals surface area contributed by atoms with Crippen LogP contribution in [0.4, 0.5) is 4.39 Å². The molecule has 0 N–H and O–H groups in total. The second-order valence-corrected chi connectivity index (χ2v) is 3.53. The van der Waals surface area contributed by atoms with Gasteiger partial charge in [-0.15, -0.1) is 0 Å². The summed E-state index contributed by atoms with van der Waals surface area (Å²) < 4.78 is 12.9. The molecule has 0 fully saturated rings. The van der Waals surface area contributed by atoms with Gasteiger partial charge in [0.05, 0.1) is 0 Å². The second-order valence-electron chi connectivity index (χ2n) is 3.14. The molecule has 0 aliphatic carbocycles. The van der Waals surface area contributed by atoms with Gasteiger partial charge in [0.2, 0.25) is 0 Å². The van der Waals surface area contributed by atoms with Crippen molar-refractivity contribution in [2.24, 2.45) is 0 Å². The zero-order valence-corrected chi connectivity index (χ0v) is 8.58. The van der Waals surface area contributed by atoms with Crippen LogP contribution in [0.2, 0.25) is 5.15 Å². The average Bonchev–Trinajstić information content (AvgIpc) is 2.17. The maximum absolute atomic E-state index is 12.9. The number of rotatable bonds is 2. The lowest BCUT2D eigenvalue weighted by Gasteiger charge is -2.00. The highest BCUT2D eigenvalue weighted by Crippen LogP contribution is 2.11. The Morgan fingerprint density at radius 3 is 2.80 bits per heavy atom. The molecule has 0 aliphatic heterocycles. The first-order chi connectivity index (χ1) is 7.24. The van der Waals surface area contributed by atoms with Crippen molar-refractivity contribution in [3.63, 3.8) is 0 Å². The summed E-state index contributed by atoms with van der Waals surface area (Å²) in [5.41, 5.74) is 1.64. The van der Waals surface area contributed by atoms with Gasteiger partial charge in [0.25, 0.3) is 0 Å². The van der Waals surface area contributed by atoms with Crippen LogP contribution in [0.5, 0.6) is 0 Å². The van der Waals surface area contributed by atoms with Crippen LogP contribution in [0.1, 0.15) is 11.3 Å². The summed E-state index contributed by atoms with van der Waals surface area (Å²) in [6, 6.07) is 8.09. The quantitative estimate of drug-likeness (QED) is 0.731. The SMILES string of the molecule is Fc1cccc(Cc2cc(Cl)ncn2)c1. The van der Waals surface area contributed by atoms with E-state index in [4.69, 9.17) is 11.6 Å². The molecule has 0 spiro atoms. The Bertz CT molecular complexity index is 430. The lowest BCUT2D eigenvalue weighted by Crippen LogP contribution is -1.93. The Labute approximate surface area is 91.8 Å². The van der Waals surface area contributed by atoms with Gasteiger partial charge in [0.15, 0.2) is 0 Å². The number of hydrogen-bond donors (Lipinski definition) is 0. The van der Waals surface area contributed by atoms with E-state index >= 15 is 0 Å². The summed E-state index contributed by atoms with van der Waals surface area (Å²) in [6.45, 7) is 0. The van der Waals surface area contributed by atoms with Gasteiger partial charge in [0, 0.05) is 12.1 Å². The van der Waals surface area contributed by atoms with Crippen molar-refractivity contribution in [2.75, 3.05) is 0 Å². The zero-order valence-electron chi connectivity index (χ0n) is 7.82. The van der Waals surface area contributed by atoms with E-state index in [0.717, 1.165) is 11.3 Å². The fraction of sp³-hybridized carbons (Fsp3) is 0.0909. The Kier molecular flexibility index (Phi) is 2.92. The standard InChI is InChI=1S/C11H8ClFN2/c12-11-6-10(14-7-15-11)5-8-2-1-3-9(13)4-8/h1-4,6-7H,5H2. The minimum Gasteiger partial charge on any atom is -0.241 e. The predicted molar refractivity (Wildman–Crippen MR) is 56.2 cm³/mol. The Balaban J connectivity index is 2.22. The number of hydrogen-bond acceptors (Lipinski definition) is 2. The third-order valence-electron chi connectivity index (χ3n) is 1.96. The van der Waals surface area contributed by atoms with Crippen LogP contribution in [-0.4, -0.2) is 9.97 Å². The second kappa shape index (κ2) is 4.36. The molecule has 0 aliphatic rings. The fourth-order valence-corrected chi connectivity index (χ4v) is 1.49. The highest BCUT2D eigenvalue weighted by Gasteiger charge is 2.00. The van der Waals surface area contributed by atoms with Crippen LogP contribution in [-0.2, 0) is 6.42 Å². The van der Waals surface area contributed by atoms with Gasteiger partial charge >= 0.3 is 0 Å². The summed E-state index contributed by atoms with van der Waals surface area (Å²) in [5, 5.41) is 0.399. The molecule has 1 aromatic heterocycles. The molecule has 1 heterocycles. The lowest BCUT2D eigenvalue weighted by atomic mass is 10.1. The molecule has 2 nitrogen and oxygen atoms in total. The first-order valence-corrected chi connectivity index (χ1v) is 4.83. The number of halogens is 2. The molecule has 2 aromatic rings. The van der Waals surface area contributed by atoms with Gasteiger partial charge < -0.3 is 0 Å². The summed E-state index contributed by atoms with van der Waals surface area (Å²) in [5.74, 6) is -0.243. The number of benzene rings is 1. The number of nitrogens with zero attached hydrogens (tertiary/aromatic N) is 2. The smallest absolute Gasteiger partial charge is 0.132 e. The Morgan fingerprint density at radius 2 is 2.07 bits per heavy atom. The molecule has 1 aromatic carbocycles. The van der Waals surface area contributed by atoms with Crippen molar-refractivity contribution < 1.29 is 4.39 Å². The minimum atomic E-state index is -0.243. The van der Waals surface area contributed by atoms with Gasteiger partial charge in [-0.1, -0.05) is 23.7 Å². The monoisotopic (exact) mass is 222 g/mol. The van der Waals surface area contributed by atoms with Gasteiger partial charge in [-0.2, -0.15) is 0 Å². The van der Waals surface area contributed by atoms with Crippen molar-refractivity contribution in [1.82, 2.24) is 9.97 Å². The lowest BCUT2D eigenvalue weighted by molar-refractivity contribution is 0.626. The molecule has 4 heteroatoms. The van der Waals surface area contributed by atoms with Crippen molar-refractivity contribution in [1.29, 1.82) is 0 Å².